The molecule has 0 saturated heterocycles. The zero-order valence-electron chi connectivity index (χ0n) is 16.1. The van der Waals surface area contributed by atoms with Crippen LogP contribution in [0.1, 0.15) is 54.7 Å². The quantitative estimate of drug-likeness (QED) is 0.549. The Bertz CT molecular complexity index is 1110. The van der Waals surface area contributed by atoms with Gasteiger partial charge in [-0.2, -0.15) is 5.10 Å². The Morgan fingerprint density at radius 1 is 1.10 bits per heavy atom. The van der Waals surface area contributed by atoms with Crippen LogP contribution in [-0.4, -0.2) is 26.2 Å². The monoisotopic (exact) mass is 389 g/mol. The number of carbonyl (C=O) groups is 1. The van der Waals surface area contributed by atoms with Crippen LogP contribution >= 0.6 is 0 Å². The molecule has 29 heavy (non-hydrogen) atoms. The molecule has 0 unspecified atom stereocenters. The van der Waals surface area contributed by atoms with Gasteiger partial charge in [-0.25, -0.2) is 0 Å². The number of nitrogens with zero attached hydrogens (tertiary/aromatic N) is 3. The van der Waals surface area contributed by atoms with Gasteiger partial charge in [-0.3, -0.25) is 9.89 Å². The van der Waals surface area contributed by atoms with Crippen molar-refractivity contribution in [3.63, 3.8) is 0 Å². The van der Waals surface area contributed by atoms with E-state index in [-0.39, 0.29) is 17.0 Å². The van der Waals surface area contributed by atoms with E-state index in [1.807, 2.05) is 30.3 Å². The van der Waals surface area contributed by atoms with Gasteiger partial charge in [-0.05, 0) is 68.4 Å². The van der Waals surface area contributed by atoms with Crippen LogP contribution in [0.15, 0.2) is 40.6 Å². The molecular weight excluding hydrogens is 366 g/mol. The molecule has 3 N–H and O–H groups in total. The van der Waals surface area contributed by atoms with Crippen LogP contribution in [0, 0.1) is 17.8 Å². The number of amides is 1. The van der Waals surface area contributed by atoms with Crippen molar-refractivity contribution < 1.29 is 9.90 Å². The Kier molecular flexibility index (Phi) is 3.52. The van der Waals surface area contributed by atoms with Gasteiger partial charge < -0.3 is 10.1 Å². The van der Waals surface area contributed by atoms with Crippen LogP contribution in [0.3, 0.4) is 0 Å². The van der Waals surface area contributed by atoms with Crippen molar-refractivity contribution >= 4 is 22.5 Å². The smallest absolute Gasteiger partial charge is 0.315 e. The van der Waals surface area contributed by atoms with Crippen molar-refractivity contribution in [3.05, 3.63) is 41.7 Å². The van der Waals surface area contributed by atoms with Crippen molar-refractivity contribution in [1.82, 2.24) is 15.2 Å². The maximum Gasteiger partial charge on any atom is 0.315 e. The van der Waals surface area contributed by atoms with Gasteiger partial charge in [0.2, 0.25) is 5.88 Å². The van der Waals surface area contributed by atoms with E-state index in [1.165, 1.54) is 38.5 Å². The van der Waals surface area contributed by atoms with Gasteiger partial charge in [0.25, 0.3) is 0 Å². The second kappa shape index (κ2) is 6.02. The van der Waals surface area contributed by atoms with E-state index in [4.69, 9.17) is 0 Å². The van der Waals surface area contributed by atoms with Gasteiger partial charge in [0.1, 0.15) is 0 Å². The number of aromatic hydroxyl groups is 1. The lowest BCUT2D eigenvalue weighted by Gasteiger charge is -2.56. The number of aromatic amines is 2. The molecule has 0 aliphatic heterocycles. The number of rotatable bonds is 3. The molecule has 4 fully saturated rings. The predicted molar refractivity (Wildman–Crippen MR) is 107 cm³/mol. The Balaban J connectivity index is 1.27. The van der Waals surface area contributed by atoms with Gasteiger partial charge in [0.05, 0.1) is 5.52 Å². The first-order chi connectivity index (χ1) is 14.1. The molecule has 2 aromatic heterocycles. The molecule has 4 bridgehead atoms. The number of aromatic nitrogens is 3. The summed E-state index contributed by atoms with van der Waals surface area (Å²) < 4.78 is 0. The lowest BCUT2D eigenvalue weighted by molar-refractivity contribution is -0.00721. The van der Waals surface area contributed by atoms with E-state index in [0.29, 0.717) is 5.69 Å². The van der Waals surface area contributed by atoms with Gasteiger partial charge >= 0.3 is 5.91 Å². The highest BCUT2D eigenvalue weighted by Gasteiger charge is 2.52. The lowest BCUT2D eigenvalue weighted by atomic mass is 9.49. The Morgan fingerprint density at radius 2 is 1.79 bits per heavy atom. The third-order valence-electron chi connectivity index (χ3n) is 7.31. The molecule has 2 heterocycles. The van der Waals surface area contributed by atoms with Crippen molar-refractivity contribution in [2.24, 2.45) is 28.0 Å². The average molecular weight is 389 g/mol. The topological polar surface area (TPSA) is 106 Å². The summed E-state index contributed by atoms with van der Waals surface area (Å²) in [5.41, 5.74) is 2.55. The Hall–Kier alpha value is -2.96. The minimum atomic E-state index is -0.498. The number of hydrogen-bond acceptors (Lipinski definition) is 4. The molecule has 148 valence electrons. The molecule has 1 aromatic carbocycles. The average Bonchev–Trinajstić information content (AvgIpc) is 3.30. The Labute approximate surface area is 167 Å². The maximum absolute atomic E-state index is 12.6. The largest absolute Gasteiger partial charge is 0.493 e. The van der Waals surface area contributed by atoms with Crippen LogP contribution in [0.5, 0.6) is 5.88 Å². The van der Waals surface area contributed by atoms with E-state index < -0.39 is 5.91 Å². The van der Waals surface area contributed by atoms with Crippen molar-refractivity contribution in [2.75, 3.05) is 0 Å². The number of azo groups is 1. The fourth-order valence-electron chi connectivity index (χ4n) is 6.50. The van der Waals surface area contributed by atoms with E-state index in [0.717, 1.165) is 34.4 Å². The maximum atomic E-state index is 12.6. The number of carbonyl (C=O) groups excluding carboxylic acids is 1. The van der Waals surface area contributed by atoms with E-state index in [2.05, 4.69) is 25.4 Å². The molecule has 4 saturated carbocycles. The summed E-state index contributed by atoms with van der Waals surface area (Å²) in [5.74, 6) is 1.88. The highest BCUT2D eigenvalue weighted by molar-refractivity contribution is 5.96. The van der Waals surface area contributed by atoms with Crippen LogP contribution in [0.25, 0.3) is 10.9 Å². The van der Waals surface area contributed by atoms with Gasteiger partial charge in [-0.15, -0.1) is 10.2 Å². The summed E-state index contributed by atoms with van der Waals surface area (Å²) in [6.07, 6.45) is 7.75. The van der Waals surface area contributed by atoms with Gasteiger partial charge in [0, 0.05) is 16.5 Å². The normalized spacial score (nSPS) is 30.6. The van der Waals surface area contributed by atoms with Crippen LogP contribution in [0.4, 0.5) is 5.69 Å². The number of benzene rings is 1. The van der Waals surface area contributed by atoms with E-state index in [1.54, 1.807) is 0 Å². The second-order valence-corrected chi connectivity index (χ2v) is 9.24. The Morgan fingerprint density at radius 3 is 2.52 bits per heavy atom. The summed E-state index contributed by atoms with van der Waals surface area (Å²) in [4.78, 5) is 15.4. The highest BCUT2D eigenvalue weighted by Crippen LogP contribution is 2.60. The minimum Gasteiger partial charge on any atom is -0.493 e. The summed E-state index contributed by atoms with van der Waals surface area (Å²) >= 11 is 0. The third-order valence-corrected chi connectivity index (χ3v) is 7.31. The molecule has 4 aliphatic carbocycles. The number of H-pyrrole nitrogens is 2. The van der Waals surface area contributed by atoms with Crippen LogP contribution in [0.2, 0.25) is 0 Å². The van der Waals surface area contributed by atoms with E-state index in [9.17, 15) is 9.90 Å². The molecule has 3 aromatic rings. The summed E-state index contributed by atoms with van der Waals surface area (Å²) in [5, 5.41) is 26.0. The van der Waals surface area contributed by atoms with Gasteiger partial charge in [0.15, 0.2) is 11.4 Å². The molecule has 1 amide bonds. The van der Waals surface area contributed by atoms with Crippen molar-refractivity contribution in [1.29, 1.82) is 0 Å². The molecule has 0 spiro atoms. The number of para-hydroxylation sites is 1. The SMILES string of the molecule is O=C(N=Nc1c(O)[nH]c2ccccc12)c1cc(C23CC4CC(CC(C4)C2)C3)[nH]n1. The van der Waals surface area contributed by atoms with Crippen molar-refractivity contribution in [3.8, 4) is 5.88 Å². The van der Waals surface area contributed by atoms with Crippen LogP contribution in [-0.2, 0) is 5.41 Å². The lowest BCUT2D eigenvalue weighted by Crippen LogP contribution is -2.48. The first-order valence-electron chi connectivity index (χ1n) is 10.4. The molecule has 4 aliphatic rings. The minimum absolute atomic E-state index is 0.0981. The standard InChI is InChI=1S/C22H23N5O2/c28-20(27-26-19-15-3-1-2-4-16(15)23-21(19)29)17-8-18(25-24-17)22-9-12-5-13(10-22)7-14(6-12)11-22/h1-4,8,12-14,23,29H,5-7,9-11H2,(H,24,25). The molecule has 0 radical (unpaired) electrons. The summed E-state index contributed by atoms with van der Waals surface area (Å²) in [7, 11) is 0. The first-order valence-corrected chi connectivity index (χ1v) is 10.4. The van der Waals surface area contributed by atoms with Crippen LogP contribution < -0.4 is 0 Å². The molecular formula is C22H23N5O2. The highest BCUT2D eigenvalue weighted by atomic mass is 16.3. The fourth-order valence-corrected chi connectivity index (χ4v) is 6.50. The molecule has 0 atom stereocenters. The molecule has 7 nitrogen and oxygen atoms in total. The zero-order chi connectivity index (χ0) is 19.6. The predicted octanol–water partition coefficient (Wildman–Crippen LogP) is 4.99. The second-order valence-electron chi connectivity index (χ2n) is 9.24. The fraction of sp³-hybridized carbons (Fsp3) is 0.455. The molecule has 7 heteroatoms. The number of nitrogens with one attached hydrogen (secondary N) is 2. The first kappa shape index (κ1) is 16.9. The molecule has 7 rings (SSSR count). The third kappa shape index (κ3) is 2.63. The van der Waals surface area contributed by atoms with Crippen molar-refractivity contribution in [2.45, 2.75) is 43.9 Å². The number of hydrogen-bond donors (Lipinski definition) is 3. The summed E-state index contributed by atoms with van der Waals surface area (Å²) in [6, 6.07) is 9.25. The van der Waals surface area contributed by atoms with Gasteiger partial charge in [-0.1, -0.05) is 18.2 Å². The summed E-state index contributed by atoms with van der Waals surface area (Å²) in [6.45, 7) is 0. The van der Waals surface area contributed by atoms with E-state index >= 15 is 0 Å². The number of fused-ring (bicyclic) bond motifs is 1. The zero-order valence-corrected chi connectivity index (χ0v) is 16.1.